The first-order valence-corrected chi connectivity index (χ1v) is 9.62. The van der Waals surface area contributed by atoms with Gasteiger partial charge in [-0.1, -0.05) is 24.3 Å². The van der Waals surface area contributed by atoms with Crippen molar-refractivity contribution in [2.24, 2.45) is 0 Å². The van der Waals surface area contributed by atoms with Gasteiger partial charge in [0.15, 0.2) is 6.10 Å². The van der Waals surface area contributed by atoms with Gasteiger partial charge in [-0.3, -0.25) is 9.59 Å². The number of aryl methyl sites for hydroxylation is 1. The number of fused-ring (bicyclic) bond motifs is 1. The number of anilines is 2. The van der Waals surface area contributed by atoms with E-state index in [-0.39, 0.29) is 11.8 Å². The molecule has 2 amide bonds. The Labute approximate surface area is 164 Å². The Hall–Kier alpha value is -2.86. The summed E-state index contributed by atoms with van der Waals surface area (Å²) < 4.78 is 11.2. The van der Waals surface area contributed by atoms with Crippen LogP contribution in [0.15, 0.2) is 42.5 Å². The summed E-state index contributed by atoms with van der Waals surface area (Å²) in [5, 5.41) is 2.90. The topological polar surface area (TPSA) is 67.9 Å². The summed E-state index contributed by atoms with van der Waals surface area (Å²) in [6, 6.07) is 13.4. The van der Waals surface area contributed by atoms with Crippen molar-refractivity contribution in [2.75, 3.05) is 16.8 Å². The average Bonchev–Trinajstić information content (AvgIpc) is 3.22. The van der Waals surface area contributed by atoms with E-state index in [1.807, 2.05) is 31.2 Å². The van der Waals surface area contributed by atoms with Crippen LogP contribution in [0.5, 0.6) is 5.75 Å². The summed E-state index contributed by atoms with van der Waals surface area (Å²) >= 11 is 0. The van der Waals surface area contributed by atoms with E-state index in [0.717, 1.165) is 24.0 Å². The highest BCUT2D eigenvalue weighted by molar-refractivity contribution is 6.01. The van der Waals surface area contributed by atoms with E-state index in [2.05, 4.69) is 5.32 Å². The molecule has 0 aromatic heterocycles. The lowest BCUT2D eigenvalue weighted by atomic mass is 10.1. The number of hydrogen-bond acceptors (Lipinski definition) is 4. The summed E-state index contributed by atoms with van der Waals surface area (Å²) in [6.45, 7) is 4.86. The number of amides is 2. The molecule has 0 spiro atoms. The first-order chi connectivity index (χ1) is 13.5. The minimum atomic E-state index is -0.552. The summed E-state index contributed by atoms with van der Waals surface area (Å²) in [5.74, 6) is 0.383. The van der Waals surface area contributed by atoms with Crippen molar-refractivity contribution in [3.63, 3.8) is 0 Å². The van der Waals surface area contributed by atoms with E-state index in [4.69, 9.17) is 9.47 Å². The molecule has 0 saturated carbocycles. The molecule has 2 aliphatic heterocycles. The Morgan fingerprint density at radius 2 is 2.07 bits per heavy atom. The van der Waals surface area contributed by atoms with Crippen LogP contribution in [0.2, 0.25) is 0 Å². The van der Waals surface area contributed by atoms with Crippen molar-refractivity contribution < 1.29 is 19.1 Å². The minimum Gasteiger partial charge on any atom is -0.479 e. The normalized spacial score (nSPS) is 21.2. The van der Waals surface area contributed by atoms with Gasteiger partial charge in [-0.25, -0.2) is 0 Å². The van der Waals surface area contributed by atoms with Gasteiger partial charge in [0.1, 0.15) is 11.9 Å². The highest BCUT2D eigenvalue weighted by Gasteiger charge is 2.32. The van der Waals surface area contributed by atoms with Gasteiger partial charge in [-0.05, 0) is 56.0 Å². The second-order valence-electron chi connectivity index (χ2n) is 7.28. The van der Waals surface area contributed by atoms with E-state index >= 15 is 0 Å². The Morgan fingerprint density at radius 3 is 2.82 bits per heavy atom. The zero-order valence-electron chi connectivity index (χ0n) is 16.1. The molecule has 0 aliphatic carbocycles. The molecule has 2 aromatic carbocycles. The van der Waals surface area contributed by atoms with E-state index in [0.29, 0.717) is 30.3 Å². The Kier molecular flexibility index (Phi) is 5.05. The van der Waals surface area contributed by atoms with E-state index in [1.165, 1.54) is 0 Å². The maximum Gasteiger partial charge on any atom is 0.268 e. The number of nitrogens with one attached hydrogen (secondary N) is 1. The largest absolute Gasteiger partial charge is 0.479 e. The molecule has 4 rings (SSSR count). The number of nitrogens with zero attached hydrogens (tertiary/aromatic N) is 1. The van der Waals surface area contributed by atoms with Gasteiger partial charge < -0.3 is 19.7 Å². The van der Waals surface area contributed by atoms with Crippen LogP contribution in [0.3, 0.4) is 0 Å². The molecule has 1 N–H and O–H groups in total. The van der Waals surface area contributed by atoms with Crippen LogP contribution in [0.1, 0.15) is 30.9 Å². The molecule has 6 nitrogen and oxygen atoms in total. The van der Waals surface area contributed by atoms with Crippen molar-refractivity contribution in [3.8, 4) is 5.75 Å². The molecule has 2 aliphatic rings. The Bertz CT molecular complexity index is 905. The monoisotopic (exact) mass is 380 g/mol. The smallest absolute Gasteiger partial charge is 0.268 e. The third-order valence-electron chi connectivity index (χ3n) is 5.25. The SMILES string of the molecule is Cc1ccccc1CN1C(=O)C(C)Oc2ccc(NC(=O)C3CCCO3)cc21. The lowest BCUT2D eigenvalue weighted by molar-refractivity contribution is -0.125. The van der Waals surface area contributed by atoms with Gasteiger partial charge >= 0.3 is 0 Å². The van der Waals surface area contributed by atoms with E-state index in [1.54, 1.807) is 30.0 Å². The molecule has 1 saturated heterocycles. The molecular weight excluding hydrogens is 356 g/mol. The quantitative estimate of drug-likeness (QED) is 0.882. The molecule has 2 atom stereocenters. The first kappa shape index (κ1) is 18.5. The van der Waals surface area contributed by atoms with Gasteiger partial charge in [0.2, 0.25) is 0 Å². The fourth-order valence-electron chi connectivity index (χ4n) is 3.61. The number of benzene rings is 2. The van der Waals surface area contributed by atoms with Crippen molar-refractivity contribution >= 4 is 23.2 Å². The third kappa shape index (κ3) is 3.60. The minimum absolute atomic E-state index is 0.0987. The highest BCUT2D eigenvalue weighted by atomic mass is 16.5. The molecular formula is C22H24N2O4. The molecule has 2 aromatic rings. The Morgan fingerprint density at radius 1 is 1.25 bits per heavy atom. The first-order valence-electron chi connectivity index (χ1n) is 9.62. The van der Waals surface area contributed by atoms with E-state index in [9.17, 15) is 9.59 Å². The van der Waals surface area contributed by atoms with Crippen molar-refractivity contribution in [1.29, 1.82) is 0 Å². The molecule has 28 heavy (non-hydrogen) atoms. The van der Waals surface area contributed by atoms with Gasteiger partial charge in [-0.2, -0.15) is 0 Å². The maximum atomic E-state index is 12.8. The number of carbonyl (C=O) groups is 2. The van der Waals surface area contributed by atoms with Crippen LogP contribution in [-0.2, 0) is 20.9 Å². The molecule has 6 heteroatoms. The number of hydrogen-bond donors (Lipinski definition) is 1. The van der Waals surface area contributed by atoms with Crippen LogP contribution in [0.4, 0.5) is 11.4 Å². The van der Waals surface area contributed by atoms with Crippen LogP contribution in [0.25, 0.3) is 0 Å². The average molecular weight is 380 g/mol. The second kappa shape index (κ2) is 7.64. The third-order valence-corrected chi connectivity index (χ3v) is 5.25. The summed E-state index contributed by atoms with van der Waals surface area (Å²) in [7, 11) is 0. The fourth-order valence-corrected chi connectivity index (χ4v) is 3.61. The Balaban J connectivity index is 1.62. The zero-order chi connectivity index (χ0) is 19.7. The highest BCUT2D eigenvalue weighted by Crippen LogP contribution is 2.37. The molecule has 2 unspecified atom stereocenters. The predicted molar refractivity (Wildman–Crippen MR) is 107 cm³/mol. The molecule has 146 valence electrons. The van der Waals surface area contributed by atoms with Gasteiger partial charge in [0, 0.05) is 12.3 Å². The molecule has 0 radical (unpaired) electrons. The zero-order valence-corrected chi connectivity index (χ0v) is 16.1. The van der Waals surface area contributed by atoms with Gasteiger partial charge in [0.25, 0.3) is 11.8 Å². The van der Waals surface area contributed by atoms with Crippen LogP contribution in [0, 0.1) is 6.92 Å². The maximum absolute atomic E-state index is 12.8. The molecule has 0 bridgehead atoms. The number of ether oxygens (including phenoxy) is 2. The van der Waals surface area contributed by atoms with Crippen LogP contribution >= 0.6 is 0 Å². The van der Waals surface area contributed by atoms with Crippen molar-refractivity contribution in [1.82, 2.24) is 0 Å². The van der Waals surface area contributed by atoms with Crippen LogP contribution < -0.4 is 15.0 Å². The number of rotatable bonds is 4. The second-order valence-corrected chi connectivity index (χ2v) is 7.28. The molecule has 1 fully saturated rings. The van der Waals surface area contributed by atoms with Crippen molar-refractivity contribution in [2.45, 2.75) is 45.4 Å². The van der Waals surface area contributed by atoms with Crippen molar-refractivity contribution in [3.05, 3.63) is 53.6 Å². The van der Waals surface area contributed by atoms with E-state index < -0.39 is 12.2 Å². The lowest BCUT2D eigenvalue weighted by Gasteiger charge is -2.33. The van der Waals surface area contributed by atoms with Crippen LogP contribution in [-0.4, -0.2) is 30.6 Å². The summed E-state index contributed by atoms with van der Waals surface area (Å²) in [5.41, 5.74) is 3.49. The lowest BCUT2D eigenvalue weighted by Crippen LogP contribution is -2.44. The fraction of sp³-hybridized carbons (Fsp3) is 0.364. The summed E-state index contributed by atoms with van der Waals surface area (Å²) in [4.78, 5) is 26.9. The molecule has 2 heterocycles. The number of carbonyl (C=O) groups excluding carboxylic acids is 2. The van der Waals surface area contributed by atoms with Gasteiger partial charge in [-0.15, -0.1) is 0 Å². The predicted octanol–water partition coefficient (Wildman–Crippen LogP) is 3.43. The van der Waals surface area contributed by atoms with Gasteiger partial charge in [0.05, 0.1) is 12.2 Å². The standard InChI is InChI=1S/C22H24N2O4/c1-14-6-3-4-7-16(14)13-24-18-12-17(23-21(25)20-8-5-11-27-20)9-10-19(18)28-15(2)22(24)26/h3-4,6-7,9-10,12,15,20H,5,8,11,13H2,1-2H3,(H,23,25). The summed E-state index contributed by atoms with van der Waals surface area (Å²) in [6.07, 6.45) is 0.669.